The largest absolute Gasteiger partial charge is 0.451 e. The lowest BCUT2D eigenvalue weighted by Gasteiger charge is -2.08. The number of imide groups is 1. The van der Waals surface area contributed by atoms with Crippen molar-refractivity contribution in [2.24, 2.45) is 0 Å². The Morgan fingerprint density at radius 2 is 1.91 bits per heavy atom. The number of hydrogen-bond donors (Lipinski definition) is 2. The zero-order valence-corrected chi connectivity index (χ0v) is 13.3. The summed E-state index contributed by atoms with van der Waals surface area (Å²) in [6.07, 6.45) is 2.91. The highest BCUT2D eigenvalue weighted by Gasteiger charge is 2.24. The predicted molar refractivity (Wildman–Crippen MR) is 79.2 cm³/mol. The number of esters is 1. The highest BCUT2D eigenvalue weighted by atomic mass is 35.5. The Kier molecular flexibility index (Phi) is 5.44. The molecule has 0 aliphatic heterocycles. The van der Waals surface area contributed by atoms with E-state index in [1.165, 1.54) is 0 Å². The topological polar surface area (TPSA) is 97.4 Å². The minimum atomic E-state index is -0.957. The molecule has 3 amide bonds. The Morgan fingerprint density at radius 3 is 2.55 bits per heavy atom. The lowest BCUT2D eigenvalue weighted by Crippen LogP contribution is -2.42. The Labute approximate surface area is 140 Å². The molecular weight excluding hydrogens is 357 g/mol. The number of aromatic nitrogens is 1. The third-order valence-electron chi connectivity index (χ3n) is 2.61. The van der Waals surface area contributed by atoms with Gasteiger partial charge in [0.1, 0.15) is 0 Å². The highest BCUT2D eigenvalue weighted by Crippen LogP contribution is 2.31. The maximum atomic E-state index is 11.8. The predicted octanol–water partition coefficient (Wildman–Crippen LogP) is 2.19. The van der Waals surface area contributed by atoms with E-state index >= 15 is 0 Å². The number of carbonyl (C=O) groups is 3. The van der Waals surface area contributed by atoms with E-state index in [-0.39, 0.29) is 26.8 Å². The fourth-order valence-electron chi connectivity index (χ4n) is 1.40. The molecule has 22 heavy (non-hydrogen) atoms. The Hall–Kier alpha value is -1.57. The molecule has 1 saturated carbocycles. The fraction of sp³-hybridized carbons (Fsp3) is 0.333. The van der Waals surface area contributed by atoms with Gasteiger partial charge in [0.25, 0.3) is 5.91 Å². The lowest BCUT2D eigenvalue weighted by molar-refractivity contribution is -0.123. The number of pyridine rings is 1. The van der Waals surface area contributed by atoms with Crippen LogP contribution in [0.2, 0.25) is 15.1 Å². The first kappa shape index (κ1) is 16.8. The molecule has 2 N–H and O–H groups in total. The first-order valence-corrected chi connectivity index (χ1v) is 7.29. The summed E-state index contributed by atoms with van der Waals surface area (Å²) in [5, 5.41) is 4.44. The number of hydrogen-bond acceptors (Lipinski definition) is 5. The van der Waals surface area contributed by atoms with Gasteiger partial charge >= 0.3 is 12.0 Å². The number of amides is 3. The molecule has 1 heterocycles. The van der Waals surface area contributed by atoms with Crippen LogP contribution in [0.25, 0.3) is 0 Å². The summed E-state index contributed by atoms with van der Waals surface area (Å²) in [6.45, 7) is -0.658. The van der Waals surface area contributed by atoms with Gasteiger partial charge in [0.2, 0.25) is 0 Å². The lowest BCUT2D eigenvalue weighted by atomic mass is 10.3. The molecule has 1 aromatic rings. The number of rotatable bonds is 4. The van der Waals surface area contributed by atoms with Gasteiger partial charge in [-0.2, -0.15) is 0 Å². The first-order valence-electron chi connectivity index (χ1n) is 6.15. The van der Waals surface area contributed by atoms with Crippen LogP contribution in [0.3, 0.4) is 0 Å². The summed E-state index contributed by atoms with van der Waals surface area (Å²) < 4.78 is 4.71. The van der Waals surface area contributed by atoms with Gasteiger partial charge in [-0.05, 0) is 12.8 Å². The minimum Gasteiger partial charge on any atom is -0.451 e. The molecule has 118 valence electrons. The third-order valence-corrected chi connectivity index (χ3v) is 3.85. The molecule has 2 rings (SSSR count). The van der Waals surface area contributed by atoms with Crippen LogP contribution >= 0.6 is 34.8 Å². The second-order valence-electron chi connectivity index (χ2n) is 4.45. The molecule has 0 unspecified atom stereocenters. The number of nitrogens with zero attached hydrogens (tertiary/aromatic N) is 1. The van der Waals surface area contributed by atoms with Crippen LogP contribution in [0.5, 0.6) is 0 Å². The SMILES string of the molecule is O=C(COC(=O)c1ncc(Cl)c(Cl)c1Cl)NC(=O)NC1CC1. The molecule has 0 bridgehead atoms. The van der Waals surface area contributed by atoms with Crippen molar-refractivity contribution in [1.82, 2.24) is 15.6 Å². The summed E-state index contributed by atoms with van der Waals surface area (Å²) >= 11 is 17.3. The Bertz CT molecular complexity index is 634. The molecule has 10 heteroatoms. The standard InChI is InChI=1S/C12H10Cl3N3O4/c13-6-3-16-10(9(15)8(6)14)11(20)22-4-7(19)18-12(21)17-5-1-2-5/h3,5H,1-2,4H2,(H2,17,18,19,21). The molecule has 0 atom stereocenters. The van der Waals surface area contributed by atoms with Crippen molar-refractivity contribution in [3.8, 4) is 0 Å². The van der Waals surface area contributed by atoms with Crippen LogP contribution in [0.1, 0.15) is 23.3 Å². The molecule has 0 spiro atoms. The summed E-state index contributed by atoms with van der Waals surface area (Å²) in [7, 11) is 0. The Balaban J connectivity index is 1.85. The number of urea groups is 1. The van der Waals surface area contributed by atoms with E-state index in [2.05, 4.69) is 10.3 Å². The van der Waals surface area contributed by atoms with Crippen molar-refractivity contribution in [1.29, 1.82) is 0 Å². The van der Waals surface area contributed by atoms with Crippen LogP contribution in [-0.4, -0.2) is 35.5 Å². The molecule has 1 aromatic heterocycles. The molecule has 7 nitrogen and oxygen atoms in total. The van der Waals surface area contributed by atoms with Gasteiger partial charge in [-0.3, -0.25) is 10.1 Å². The highest BCUT2D eigenvalue weighted by molar-refractivity contribution is 6.48. The van der Waals surface area contributed by atoms with E-state index in [1.807, 2.05) is 5.32 Å². The van der Waals surface area contributed by atoms with Crippen molar-refractivity contribution >= 4 is 52.7 Å². The van der Waals surface area contributed by atoms with Crippen molar-refractivity contribution in [2.75, 3.05) is 6.61 Å². The monoisotopic (exact) mass is 365 g/mol. The summed E-state index contributed by atoms with van der Waals surface area (Å²) in [5.41, 5.74) is -0.272. The molecule has 1 aliphatic carbocycles. The zero-order valence-electron chi connectivity index (χ0n) is 11.0. The fourth-order valence-corrected chi connectivity index (χ4v) is 1.95. The second kappa shape index (κ2) is 7.13. The molecule has 0 aromatic carbocycles. The summed E-state index contributed by atoms with van der Waals surface area (Å²) in [4.78, 5) is 38.2. The van der Waals surface area contributed by atoms with Crippen LogP contribution in [0.4, 0.5) is 4.79 Å². The molecule has 0 radical (unpaired) electrons. The summed E-state index contributed by atoms with van der Waals surface area (Å²) in [5.74, 6) is -1.73. The van der Waals surface area contributed by atoms with Crippen LogP contribution in [0, 0.1) is 0 Å². The van der Waals surface area contributed by atoms with Gasteiger partial charge < -0.3 is 10.1 Å². The van der Waals surface area contributed by atoms with Crippen LogP contribution in [0.15, 0.2) is 6.20 Å². The number of ether oxygens (including phenoxy) is 1. The average molecular weight is 367 g/mol. The molecule has 0 saturated heterocycles. The van der Waals surface area contributed by atoms with Crippen molar-refractivity contribution < 1.29 is 19.1 Å². The van der Waals surface area contributed by atoms with Crippen LogP contribution in [-0.2, 0) is 9.53 Å². The van der Waals surface area contributed by atoms with E-state index in [0.717, 1.165) is 19.0 Å². The first-order chi connectivity index (χ1) is 10.4. The second-order valence-corrected chi connectivity index (χ2v) is 5.62. The van der Waals surface area contributed by atoms with Crippen molar-refractivity contribution in [2.45, 2.75) is 18.9 Å². The maximum absolute atomic E-state index is 11.8. The maximum Gasteiger partial charge on any atom is 0.359 e. The van der Waals surface area contributed by atoms with Gasteiger partial charge in [-0.1, -0.05) is 34.8 Å². The third kappa shape index (κ3) is 4.46. The van der Waals surface area contributed by atoms with E-state index in [0.29, 0.717) is 0 Å². The zero-order chi connectivity index (χ0) is 16.3. The molecule has 1 fully saturated rings. The van der Waals surface area contributed by atoms with E-state index in [9.17, 15) is 14.4 Å². The van der Waals surface area contributed by atoms with E-state index in [1.54, 1.807) is 0 Å². The normalized spacial score (nSPS) is 13.4. The number of carbonyl (C=O) groups excluding carboxylic acids is 3. The Morgan fingerprint density at radius 1 is 1.23 bits per heavy atom. The van der Waals surface area contributed by atoms with Gasteiger partial charge in [-0.25, -0.2) is 14.6 Å². The van der Waals surface area contributed by atoms with Crippen molar-refractivity contribution in [3.63, 3.8) is 0 Å². The smallest absolute Gasteiger partial charge is 0.359 e. The molecular formula is C12H10Cl3N3O4. The number of halogens is 3. The minimum absolute atomic E-state index is 0.0430. The van der Waals surface area contributed by atoms with Gasteiger partial charge in [0.05, 0.1) is 15.1 Å². The number of nitrogens with one attached hydrogen (secondary N) is 2. The van der Waals surface area contributed by atoms with E-state index < -0.39 is 24.5 Å². The van der Waals surface area contributed by atoms with Gasteiger partial charge in [-0.15, -0.1) is 0 Å². The summed E-state index contributed by atoms with van der Waals surface area (Å²) in [6, 6.07) is -0.524. The quantitative estimate of drug-likeness (QED) is 0.796. The molecule has 1 aliphatic rings. The van der Waals surface area contributed by atoms with Gasteiger partial charge in [0, 0.05) is 12.2 Å². The van der Waals surface area contributed by atoms with E-state index in [4.69, 9.17) is 39.5 Å². The van der Waals surface area contributed by atoms with Crippen molar-refractivity contribution in [3.05, 3.63) is 27.0 Å². The van der Waals surface area contributed by atoms with Crippen LogP contribution < -0.4 is 10.6 Å². The van der Waals surface area contributed by atoms with Gasteiger partial charge in [0.15, 0.2) is 12.3 Å². The average Bonchev–Trinajstić information content (AvgIpc) is 3.26.